The van der Waals surface area contributed by atoms with Gasteiger partial charge in [0.1, 0.15) is 0 Å². The van der Waals surface area contributed by atoms with E-state index in [2.05, 4.69) is 51.0 Å². The quantitative estimate of drug-likeness (QED) is 0.445. The molecule has 152 valence electrons. The molecule has 0 aromatic carbocycles. The molecule has 1 saturated heterocycles. The van der Waals surface area contributed by atoms with Gasteiger partial charge in [0.05, 0.1) is 17.8 Å². The minimum absolute atomic E-state index is 0.0678. The maximum Gasteiger partial charge on any atom is 0.191 e. The molecule has 2 aliphatic carbocycles. The predicted molar refractivity (Wildman–Crippen MR) is 116 cm³/mol. The largest absolute Gasteiger partial charge is 0.414 e. The van der Waals surface area contributed by atoms with Crippen LogP contribution in [0.1, 0.15) is 38.5 Å². The van der Waals surface area contributed by atoms with Crippen molar-refractivity contribution < 1.29 is 13.6 Å². The lowest BCUT2D eigenvalue weighted by Crippen LogP contribution is -2.59. The number of fused-ring (bicyclic) bond motifs is 1. The van der Waals surface area contributed by atoms with Crippen LogP contribution in [0.4, 0.5) is 0 Å². The van der Waals surface area contributed by atoms with Crippen LogP contribution < -0.4 is 0 Å². The van der Waals surface area contributed by atoms with E-state index < -0.39 is 16.6 Å². The molecule has 0 N–H and O–H groups in total. The molecule has 0 radical (unpaired) electrons. The van der Waals surface area contributed by atoms with Crippen LogP contribution in [0, 0.1) is 11.8 Å². The third kappa shape index (κ3) is 3.48. The molecule has 0 aromatic rings. The van der Waals surface area contributed by atoms with E-state index in [9.17, 15) is 0 Å². The summed E-state index contributed by atoms with van der Waals surface area (Å²) in [5.74, 6) is 1.25. The Morgan fingerprint density at radius 2 is 2.11 bits per heavy atom. The van der Waals surface area contributed by atoms with Gasteiger partial charge in [-0.1, -0.05) is 18.2 Å². The third-order valence-corrected chi connectivity index (χ3v) is 12.0. The van der Waals surface area contributed by atoms with E-state index in [0.29, 0.717) is 17.9 Å². The number of allylic oxidation sites excluding steroid dienone is 3. The average molecular weight is 407 g/mol. The van der Waals surface area contributed by atoms with E-state index >= 15 is 0 Å². The summed E-state index contributed by atoms with van der Waals surface area (Å²) in [7, 11) is -3.38. The normalized spacial score (nSPS) is 44.5. The molecule has 4 aliphatic rings. The van der Waals surface area contributed by atoms with Crippen LogP contribution in [-0.2, 0) is 13.6 Å². The predicted octanol–water partition coefficient (Wildman–Crippen LogP) is 5.66. The summed E-state index contributed by atoms with van der Waals surface area (Å²) in [6.45, 7) is 14.3. The Labute approximate surface area is 167 Å². The van der Waals surface area contributed by atoms with E-state index in [-0.39, 0.29) is 11.2 Å². The molecule has 2 heterocycles. The van der Waals surface area contributed by atoms with Gasteiger partial charge in [0.25, 0.3) is 0 Å². The number of hydrogen-bond donors (Lipinski definition) is 0. The molecule has 5 heteroatoms. The van der Waals surface area contributed by atoms with Crippen molar-refractivity contribution in [1.82, 2.24) is 0 Å². The first kappa shape index (κ1) is 20.1. The fraction of sp³-hybridized carbons (Fsp3) is 0.818. The van der Waals surface area contributed by atoms with Gasteiger partial charge in [-0.25, -0.2) is 0 Å². The van der Waals surface area contributed by atoms with Crippen molar-refractivity contribution >= 4 is 16.6 Å². The van der Waals surface area contributed by atoms with Gasteiger partial charge in [0.15, 0.2) is 16.6 Å². The highest BCUT2D eigenvalue weighted by molar-refractivity contribution is 6.72. The van der Waals surface area contributed by atoms with Gasteiger partial charge in [-0.3, -0.25) is 0 Å². The number of hydrogen-bond acceptors (Lipinski definition) is 3. The maximum absolute atomic E-state index is 7.13. The van der Waals surface area contributed by atoms with E-state index in [1.54, 1.807) is 0 Å². The second kappa shape index (κ2) is 6.94. The van der Waals surface area contributed by atoms with Crippen molar-refractivity contribution in [3.05, 3.63) is 24.8 Å². The summed E-state index contributed by atoms with van der Waals surface area (Å²) < 4.78 is 20.5. The average Bonchev–Trinajstić information content (AvgIpc) is 3.00. The fourth-order valence-electron chi connectivity index (χ4n) is 6.64. The second-order valence-corrected chi connectivity index (χ2v) is 18.9. The Hall–Kier alpha value is -0.206. The maximum atomic E-state index is 7.13. The topological polar surface area (TPSA) is 27.7 Å². The third-order valence-electron chi connectivity index (χ3n) is 7.56. The standard InChI is InChI=1S/C22H38O3Si2/c1-6-14-27(4,5)25-21-12-13-23-22(21)11-10-19-16-20(22)18(17-21)9-7-8-15-26(2,3)24-19/h6-8,18-20H,1,9-17H2,2-5H3/b8-7-/t18-,19+,20-,21-,22-/m1/s1. The Bertz CT molecular complexity index is 617. The molecular weight excluding hydrogens is 368 g/mol. The van der Waals surface area contributed by atoms with Gasteiger partial charge >= 0.3 is 0 Å². The van der Waals surface area contributed by atoms with Crippen molar-refractivity contribution in [2.45, 2.75) is 94.1 Å². The fourth-order valence-corrected chi connectivity index (χ4v) is 10.8. The zero-order valence-corrected chi connectivity index (χ0v) is 19.8. The van der Waals surface area contributed by atoms with Crippen LogP contribution in [0.3, 0.4) is 0 Å². The summed E-state index contributed by atoms with van der Waals surface area (Å²) >= 11 is 0. The first-order valence-corrected chi connectivity index (χ1v) is 17.2. The van der Waals surface area contributed by atoms with E-state index in [4.69, 9.17) is 13.6 Å². The number of rotatable bonds is 4. The number of ether oxygens (including phenoxy) is 1. The van der Waals surface area contributed by atoms with Crippen LogP contribution in [0.2, 0.25) is 38.3 Å². The van der Waals surface area contributed by atoms with Crippen molar-refractivity contribution in [2.24, 2.45) is 11.8 Å². The van der Waals surface area contributed by atoms with Gasteiger partial charge < -0.3 is 13.6 Å². The van der Waals surface area contributed by atoms with Crippen LogP contribution in [-0.4, -0.2) is 40.5 Å². The van der Waals surface area contributed by atoms with Gasteiger partial charge in [0, 0.05) is 12.5 Å². The van der Waals surface area contributed by atoms with E-state index in [0.717, 1.165) is 38.0 Å². The summed E-state index contributed by atoms with van der Waals surface area (Å²) in [5, 5.41) is 0. The van der Waals surface area contributed by atoms with E-state index in [1.807, 2.05) is 0 Å². The molecule has 3 nitrogen and oxygen atoms in total. The molecule has 0 unspecified atom stereocenters. The molecule has 2 bridgehead atoms. The van der Waals surface area contributed by atoms with Crippen molar-refractivity contribution in [1.29, 1.82) is 0 Å². The highest BCUT2D eigenvalue weighted by Gasteiger charge is 2.69. The van der Waals surface area contributed by atoms with Crippen LogP contribution in [0.25, 0.3) is 0 Å². The van der Waals surface area contributed by atoms with Gasteiger partial charge in [-0.2, -0.15) is 0 Å². The highest BCUT2D eigenvalue weighted by atomic mass is 28.4. The molecule has 2 aliphatic heterocycles. The second-order valence-electron chi connectivity index (χ2n) is 10.6. The molecule has 2 saturated carbocycles. The lowest BCUT2D eigenvalue weighted by molar-refractivity contribution is -0.146. The van der Waals surface area contributed by atoms with E-state index in [1.165, 1.54) is 19.3 Å². The van der Waals surface area contributed by atoms with Crippen LogP contribution >= 0.6 is 0 Å². The molecule has 3 fully saturated rings. The lowest BCUT2D eigenvalue weighted by Gasteiger charge is -2.50. The zero-order valence-electron chi connectivity index (χ0n) is 17.8. The molecule has 1 spiro atoms. The van der Waals surface area contributed by atoms with Crippen molar-refractivity contribution in [3.63, 3.8) is 0 Å². The van der Waals surface area contributed by atoms with Gasteiger partial charge in [-0.05, 0) is 82.2 Å². The zero-order chi connectivity index (χ0) is 19.3. The van der Waals surface area contributed by atoms with Crippen LogP contribution in [0.5, 0.6) is 0 Å². The summed E-state index contributed by atoms with van der Waals surface area (Å²) in [6, 6.07) is 2.16. The monoisotopic (exact) mass is 406 g/mol. The first-order valence-electron chi connectivity index (χ1n) is 11.0. The van der Waals surface area contributed by atoms with Crippen molar-refractivity contribution in [3.8, 4) is 0 Å². The molecular formula is C22H38O3Si2. The molecule has 0 aromatic heterocycles. The Kier molecular flexibility index (Phi) is 5.16. The smallest absolute Gasteiger partial charge is 0.191 e. The van der Waals surface area contributed by atoms with Crippen molar-refractivity contribution in [2.75, 3.05) is 6.61 Å². The van der Waals surface area contributed by atoms with Crippen LogP contribution in [0.15, 0.2) is 24.8 Å². The molecule has 4 rings (SSSR count). The highest BCUT2D eigenvalue weighted by Crippen LogP contribution is 2.63. The summed E-state index contributed by atoms with van der Waals surface area (Å²) in [5.41, 5.74) is -0.136. The molecule has 0 amide bonds. The summed E-state index contributed by atoms with van der Waals surface area (Å²) in [6.07, 6.45) is 14.2. The first-order chi connectivity index (χ1) is 12.7. The Balaban J connectivity index is 1.67. The Morgan fingerprint density at radius 3 is 2.89 bits per heavy atom. The summed E-state index contributed by atoms with van der Waals surface area (Å²) in [4.78, 5) is 0. The lowest BCUT2D eigenvalue weighted by atomic mass is 9.69. The molecule has 5 atom stereocenters. The SMILES string of the molecule is C=CC[Si](C)(C)O[C@@]12CCO[C@@]13CC[C@H]1C[C@@H]3[C@H](C/C=C\C[Si](C)(C)O1)C2. The van der Waals surface area contributed by atoms with Gasteiger partial charge in [-0.15, -0.1) is 6.58 Å². The Morgan fingerprint density at radius 1 is 1.30 bits per heavy atom. The minimum Gasteiger partial charge on any atom is -0.414 e. The minimum atomic E-state index is -1.78. The van der Waals surface area contributed by atoms with Gasteiger partial charge in [0.2, 0.25) is 0 Å². The molecule has 27 heavy (non-hydrogen) atoms.